The van der Waals surface area contributed by atoms with E-state index in [0.717, 1.165) is 23.2 Å². The molecule has 3 aromatic rings. The molecule has 0 aliphatic carbocycles. The van der Waals surface area contributed by atoms with Crippen molar-refractivity contribution in [1.29, 1.82) is 0 Å². The van der Waals surface area contributed by atoms with Crippen molar-refractivity contribution in [1.82, 2.24) is 10.5 Å². The van der Waals surface area contributed by atoms with Gasteiger partial charge in [-0.3, -0.25) is 9.59 Å². The third-order valence-electron chi connectivity index (χ3n) is 4.69. The van der Waals surface area contributed by atoms with Crippen molar-refractivity contribution >= 4 is 17.5 Å². The average Bonchev–Trinajstić information content (AvgIpc) is 3.39. The molecule has 0 radical (unpaired) electrons. The van der Waals surface area contributed by atoms with Crippen molar-refractivity contribution in [2.75, 3.05) is 25.1 Å². The zero-order chi connectivity index (χ0) is 19.5. The predicted octanol–water partition coefficient (Wildman–Crippen LogP) is 2.67. The van der Waals surface area contributed by atoms with Gasteiger partial charge in [-0.25, -0.2) is 0 Å². The summed E-state index contributed by atoms with van der Waals surface area (Å²) < 4.78 is 10.4. The molecular formula is C21H19N3O4. The Hall–Kier alpha value is -3.61. The second-order valence-corrected chi connectivity index (χ2v) is 6.42. The summed E-state index contributed by atoms with van der Waals surface area (Å²) in [5, 5.41) is 6.42. The van der Waals surface area contributed by atoms with Crippen LogP contribution in [0.1, 0.15) is 16.1 Å². The number of amides is 2. The summed E-state index contributed by atoms with van der Waals surface area (Å²) in [7, 11) is 1.58. The van der Waals surface area contributed by atoms with E-state index >= 15 is 0 Å². The van der Waals surface area contributed by atoms with E-state index in [1.807, 2.05) is 42.5 Å². The minimum Gasteiger partial charge on any atom is -0.497 e. The molecule has 0 saturated carbocycles. The summed E-state index contributed by atoms with van der Waals surface area (Å²) in [5.74, 6) is 0.508. The Kier molecular flexibility index (Phi) is 4.80. The van der Waals surface area contributed by atoms with Crippen molar-refractivity contribution in [3.05, 3.63) is 65.9 Å². The van der Waals surface area contributed by atoms with Gasteiger partial charge in [0, 0.05) is 23.9 Å². The van der Waals surface area contributed by atoms with Gasteiger partial charge in [0.15, 0.2) is 11.5 Å². The molecule has 2 heterocycles. The SMILES string of the molecule is COc1cccc(-c2cc(C(=O)NCC(=O)N3CCc4ccccc43)no2)c1. The second-order valence-electron chi connectivity index (χ2n) is 6.42. The minimum atomic E-state index is -0.460. The van der Waals surface area contributed by atoms with E-state index in [2.05, 4.69) is 10.5 Å². The maximum absolute atomic E-state index is 12.5. The van der Waals surface area contributed by atoms with Gasteiger partial charge in [-0.2, -0.15) is 0 Å². The number of methoxy groups -OCH3 is 1. The molecule has 0 unspecified atom stereocenters. The Labute approximate surface area is 161 Å². The molecule has 0 bridgehead atoms. The molecule has 4 rings (SSSR count). The molecule has 1 N–H and O–H groups in total. The van der Waals surface area contributed by atoms with E-state index in [9.17, 15) is 9.59 Å². The van der Waals surface area contributed by atoms with E-state index < -0.39 is 5.91 Å². The molecular weight excluding hydrogens is 358 g/mol. The summed E-state index contributed by atoms with van der Waals surface area (Å²) in [6.07, 6.45) is 0.822. The van der Waals surface area contributed by atoms with E-state index in [1.165, 1.54) is 0 Å². The van der Waals surface area contributed by atoms with Gasteiger partial charge in [-0.15, -0.1) is 0 Å². The number of anilines is 1. The number of rotatable bonds is 5. The Bertz CT molecular complexity index is 1030. The van der Waals surface area contributed by atoms with Crippen LogP contribution in [0, 0.1) is 0 Å². The van der Waals surface area contributed by atoms with Crippen LogP contribution in [0.5, 0.6) is 5.75 Å². The van der Waals surface area contributed by atoms with E-state index in [4.69, 9.17) is 9.26 Å². The second kappa shape index (κ2) is 7.56. The van der Waals surface area contributed by atoms with Crippen LogP contribution in [0.15, 0.2) is 59.1 Å². The number of ether oxygens (including phenoxy) is 1. The maximum Gasteiger partial charge on any atom is 0.273 e. The highest BCUT2D eigenvalue weighted by molar-refractivity contribution is 6.00. The van der Waals surface area contributed by atoms with Crippen LogP contribution in [0.25, 0.3) is 11.3 Å². The highest BCUT2D eigenvalue weighted by atomic mass is 16.5. The van der Waals surface area contributed by atoms with Crippen molar-refractivity contribution in [3.63, 3.8) is 0 Å². The van der Waals surface area contributed by atoms with Gasteiger partial charge in [-0.1, -0.05) is 35.5 Å². The molecule has 0 atom stereocenters. The molecule has 0 fully saturated rings. The quantitative estimate of drug-likeness (QED) is 0.739. The molecule has 0 spiro atoms. The summed E-state index contributed by atoms with van der Waals surface area (Å²) in [4.78, 5) is 26.5. The molecule has 1 aliphatic rings. The zero-order valence-electron chi connectivity index (χ0n) is 15.3. The van der Waals surface area contributed by atoms with Crippen LogP contribution >= 0.6 is 0 Å². The van der Waals surface area contributed by atoms with E-state index in [1.54, 1.807) is 24.1 Å². The van der Waals surface area contributed by atoms with Gasteiger partial charge >= 0.3 is 0 Å². The summed E-state index contributed by atoms with van der Waals surface area (Å²) in [5.41, 5.74) is 2.91. The summed E-state index contributed by atoms with van der Waals surface area (Å²) >= 11 is 0. The highest BCUT2D eigenvalue weighted by Gasteiger charge is 2.24. The lowest BCUT2D eigenvalue weighted by atomic mass is 10.1. The lowest BCUT2D eigenvalue weighted by Gasteiger charge is -2.17. The van der Waals surface area contributed by atoms with Crippen LogP contribution in [-0.4, -0.2) is 37.2 Å². The van der Waals surface area contributed by atoms with Crippen molar-refractivity contribution in [2.45, 2.75) is 6.42 Å². The third kappa shape index (κ3) is 3.46. The number of aromatic nitrogens is 1. The molecule has 7 heteroatoms. The van der Waals surface area contributed by atoms with Gasteiger partial charge in [0.25, 0.3) is 5.91 Å². The molecule has 2 amide bonds. The Morgan fingerprint density at radius 3 is 2.89 bits per heavy atom. The first-order chi connectivity index (χ1) is 13.7. The Balaban J connectivity index is 1.39. The number of hydrogen-bond donors (Lipinski definition) is 1. The van der Waals surface area contributed by atoms with Gasteiger partial charge < -0.3 is 19.5 Å². The van der Waals surface area contributed by atoms with Crippen molar-refractivity contribution in [3.8, 4) is 17.1 Å². The lowest BCUT2D eigenvalue weighted by molar-refractivity contribution is -0.117. The monoisotopic (exact) mass is 377 g/mol. The fourth-order valence-electron chi connectivity index (χ4n) is 3.23. The minimum absolute atomic E-state index is 0.103. The predicted molar refractivity (Wildman–Crippen MR) is 103 cm³/mol. The van der Waals surface area contributed by atoms with Gasteiger partial charge in [0.1, 0.15) is 5.75 Å². The molecule has 1 aromatic heterocycles. The number of carbonyl (C=O) groups is 2. The number of carbonyl (C=O) groups excluding carboxylic acids is 2. The Morgan fingerprint density at radius 2 is 2.04 bits per heavy atom. The smallest absolute Gasteiger partial charge is 0.273 e. The zero-order valence-corrected chi connectivity index (χ0v) is 15.3. The summed E-state index contributed by atoms with van der Waals surface area (Å²) in [6, 6.07) is 16.6. The fraction of sp³-hybridized carbons (Fsp3) is 0.190. The number of para-hydroxylation sites is 1. The van der Waals surface area contributed by atoms with Gasteiger partial charge in [0.05, 0.1) is 13.7 Å². The fourth-order valence-corrected chi connectivity index (χ4v) is 3.23. The van der Waals surface area contributed by atoms with Gasteiger partial charge in [-0.05, 0) is 30.2 Å². The van der Waals surface area contributed by atoms with E-state index in [-0.39, 0.29) is 18.1 Å². The first kappa shape index (κ1) is 17.8. The lowest BCUT2D eigenvalue weighted by Crippen LogP contribution is -2.39. The molecule has 2 aromatic carbocycles. The number of nitrogens with one attached hydrogen (secondary N) is 1. The molecule has 28 heavy (non-hydrogen) atoms. The van der Waals surface area contributed by atoms with Crippen LogP contribution in [-0.2, 0) is 11.2 Å². The number of nitrogens with zero attached hydrogens (tertiary/aromatic N) is 2. The molecule has 0 saturated heterocycles. The average molecular weight is 377 g/mol. The first-order valence-corrected chi connectivity index (χ1v) is 8.93. The summed E-state index contributed by atoms with van der Waals surface area (Å²) in [6.45, 7) is 0.520. The number of benzene rings is 2. The molecule has 142 valence electrons. The number of hydrogen-bond acceptors (Lipinski definition) is 5. The largest absolute Gasteiger partial charge is 0.497 e. The third-order valence-corrected chi connectivity index (χ3v) is 4.69. The van der Waals surface area contributed by atoms with Gasteiger partial charge in [0.2, 0.25) is 5.91 Å². The Morgan fingerprint density at radius 1 is 1.18 bits per heavy atom. The topological polar surface area (TPSA) is 84.7 Å². The normalized spacial score (nSPS) is 12.5. The van der Waals surface area contributed by atoms with Crippen molar-refractivity contribution < 1.29 is 18.8 Å². The standard InChI is InChI=1S/C21H19N3O4/c1-27-16-7-4-6-15(11-16)19-12-17(23-28-19)21(26)22-13-20(25)24-10-9-14-5-2-3-8-18(14)24/h2-8,11-12H,9-10,13H2,1H3,(H,22,26). The number of fused-ring (bicyclic) bond motifs is 1. The molecule has 7 nitrogen and oxygen atoms in total. The highest BCUT2D eigenvalue weighted by Crippen LogP contribution is 2.27. The van der Waals surface area contributed by atoms with Crippen LogP contribution in [0.4, 0.5) is 5.69 Å². The van der Waals surface area contributed by atoms with Crippen LogP contribution in [0.3, 0.4) is 0 Å². The molecule has 1 aliphatic heterocycles. The maximum atomic E-state index is 12.5. The first-order valence-electron chi connectivity index (χ1n) is 8.93. The van der Waals surface area contributed by atoms with Crippen LogP contribution < -0.4 is 15.0 Å². The van der Waals surface area contributed by atoms with Crippen molar-refractivity contribution in [2.24, 2.45) is 0 Å². The van der Waals surface area contributed by atoms with E-state index in [0.29, 0.717) is 18.1 Å². The van der Waals surface area contributed by atoms with Crippen LogP contribution in [0.2, 0.25) is 0 Å².